The highest BCUT2D eigenvalue weighted by molar-refractivity contribution is 5.96. The lowest BCUT2D eigenvalue weighted by atomic mass is 9.95. The maximum Gasteiger partial charge on any atom is 0.338 e. The number of cyclic esters (lactones) is 1. The summed E-state index contributed by atoms with van der Waals surface area (Å²) in [7, 11) is 3.09. The first-order valence-electron chi connectivity index (χ1n) is 11.2. The molecule has 1 heterocycles. The Balaban J connectivity index is 1.98. The van der Waals surface area contributed by atoms with E-state index in [1.807, 2.05) is 45.9 Å². The standard InChI is InChI=1S/C26H32O7/c1-7-16(8-2)24(27)33-26(3,4)15-32-22-18(12-13-21(29-5)23(22)30-6)17-10-9-11-19-20(17)14-31-25(19)28/h9-13,16H,7-8,14-15H2,1-6H3. The van der Waals surface area contributed by atoms with Crippen LogP contribution in [-0.4, -0.2) is 38.4 Å². The van der Waals surface area contributed by atoms with Crippen LogP contribution in [0.4, 0.5) is 0 Å². The summed E-state index contributed by atoms with van der Waals surface area (Å²) < 4.78 is 28.3. The lowest BCUT2D eigenvalue weighted by Gasteiger charge is -2.28. The minimum atomic E-state index is -0.872. The van der Waals surface area contributed by atoms with Crippen LogP contribution < -0.4 is 14.2 Å². The molecule has 0 radical (unpaired) electrons. The van der Waals surface area contributed by atoms with Gasteiger partial charge in [-0.15, -0.1) is 0 Å². The molecule has 0 fully saturated rings. The molecule has 0 N–H and O–H groups in total. The van der Waals surface area contributed by atoms with E-state index in [4.69, 9.17) is 23.7 Å². The van der Waals surface area contributed by atoms with Gasteiger partial charge in [-0.25, -0.2) is 4.79 Å². The van der Waals surface area contributed by atoms with E-state index < -0.39 is 5.60 Å². The van der Waals surface area contributed by atoms with Crippen molar-refractivity contribution in [1.29, 1.82) is 0 Å². The third kappa shape index (κ3) is 5.07. The molecule has 1 aliphatic rings. The summed E-state index contributed by atoms with van der Waals surface area (Å²) in [4.78, 5) is 24.6. The van der Waals surface area contributed by atoms with Gasteiger partial charge in [0.1, 0.15) is 18.8 Å². The summed E-state index contributed by atoms with van der Waals surface area (Å²) >= 11 is 0. The molecule has 2 aromatic carbocycles. The van der Waals surface area contributed by atoms with Crippen LogP contribution in [-0.2, 0) is 20.9 Å². The molecule has 0 spiro atoms. The molecule has 2 aromatic rings. The first kappa shape index (κ1) is 24.4. The molecule has 7 heteroatoms. The average molecular weight is 457 g/mol. The number of rotatable bonds is 10. The van der Waals surface area contributed by atoms with Gasteiger partial charge >= 0.3 is 11.9 Å². The quantitative estimate of drug-likeness (QED) is 0.456. The summed E-state index contributed by atoms with van der Waals surface area (Å²) in [5.41, 5.74) is 1.99. The van der Waals surface area contributed by atoms with Gasteiger partial charge in [0.25, 0.3) is 0 Å². The normalized spacial score (nSPS) is 12.9. The van der Waals surface area contributed by atoms with Crippen molar-refractivity contribution in [2.75, 3.05) is 20.8 Å². The highest BCUT2D eigenvalue weighted by Crippen LogP contribution is 2.46. The second-order valence-corrected chi connectivity index (χ2v) is 8.57. The van der Waals surface area contributed by atoms with E-state index in [0.29, 0.717) is 22.8 Å². The Labute approximate surface area is 194 Å². The molecule has 3 rings (SSSR count). The van der Waals surface area contributed by atoms with Crippen molar-refractivity contribution in [1.82, 2.24) is 0 Å². The van der Waals surface area contributed by atoms with Crippen LogP contribution in [0.25, 0.3) is 11.1 Å². The van der Waals surface area contributed by atoms with Crippen LogP contribution in [0, 0.1) is 5.92 Å². The van der Waals surface area contributed by atoms with Gasteiger partial charge in [0.2, 0.25) is 5.75 Å². The Kier molecular flexibility index (Phi) is 7.51. The number of hydrogen-bond donors (Lipinski definition) is 0. The van der Waals surface area contributed by atoms with Crippen LogP contribution in [0.3, 0.4) is 0 Å². The zero-order chi connectivity index (χ0) is 24.2. The van der Waals surface area contributed by atoms with E-state index in [1.54, 1.807) is 19.2 Å². The molecule has 0 atom stereocenters. The predicted molar refractivity (Wildman–Crippen MR) is 124 cm³/mol. The second-order valence-electron chi connectivity index (χ2n) is 8.57. The largest absolute Gasteiger partial charge is 0.493 e. The van der Waals surface area contributed by atoms with E-state index in [1.165, 1.54) is 7.11 Å². The van der Waals surface area contributed by atoms with E-state index in [2.05, 4.69) is 0 Å². The Morgan fingerprint density at radius 3 is 2.33 bits per heavy atom. The fourth-order valence-electron chi connectivity index (χ4n) is 3.91. The highest BCUT2D eigenvalue weighted by Gasteiger charge is 2.31. The van der Waals surface area contributed by atoms with Crippen LogP contribution in [0.15, 0.2) is 30.3 Å². The van der Waals surface area contributed by atoms with Gasteiger partial charge in [0, 0.05) is 11.1 Å². The SMILES string of the molecule is CCC(CC)C(=O)OC(C)(C)COc1c(-c2cccc3c2COC3=O)ccc(OC)c1OC. The minimum Gasteiger partial charge on any atom is -0.493 e. The smallest absolute Gasteiger partial charge is 0.338 e. The Bertz CT molecular complexity index is 1020. The van der Waals surface area contributed by atoms with E-state index in [9.17, 15) is 9.59 Å². The topological polar surface area (TPSA) is 80.3 Å². The molecule has 1 aliphatic heterocycles. The van der Waals surface area contributed by atoms with Gasteiger partial charge in [-0.05, 0) is 50.5 Å². The molecule has 0 bridgehead atoms. The number of hydrogen-bond acceptors (Lipinski definition) is 7. The van der Waals surface area contributed by atoms with Crippen molar-refractivity contribution < 1.29 is 33.3 Å². The maximum absolute atomic E-state index is 12.5. The number of methoxy groups -OCH3 is 2. The first-order chi connectivity index (χ1) is 15.8. The summed E-state index contributed by atoms with van der Waals surface area (Å²) in [6, 6.07) is 9.11. The van der Waals surface area contributed by atoms with Gasteiger partial charge < -0.3 is 23.7 Å². The summed E-state index contributed by atoms with van der Waals surface area (Å²) in [6.45, 7) is 7.85. The monoisotopic (exact) mass is 456 g/mol. The number of fused-ring (bicyclic) bond motifs is 1. The van der Waals surface area contributed by atoms with Gasteiger partial charge in [0.05, 0.1) is 25.7 Å². The lowest BCUT2D eigenvalue weighted by molar-refractivity contribution is -0.164. The van der Waals surface area contributed by atoms with Crippen LogP contribution in [0.5, 0.6) is 17.2 Å². The fraction of sp³-hybridized carbons (Fsp3) is 0.462. The molecule has 0 amide bonds. The van der Waals surface area contributed by atoms with E-state index in [-0.39, 0.29) is 31.1 Å². The fourth-order valence-corrected chi connectivity index (χ4v) is 3.91. The number of ether oxygens (including phenoxy) is 5. The Hall–Kier alpha value is -3.22. The lowest BCUT2D eigenvalue weighted by Crippen LogP contribution is -2.37. The Morgan fingerprint density at radius 1 is 1.00 bits per heavy atom. The van der Waals surface area contributed by atoms with Crippen LogP contribution >= 0.6 is 0 Å². The predicted octanol–water partition coefficient (Wildman–Crippen LogP) is 5.18. The van der Waals surface area contributed by atoms with Crippen molar-refractivity contribution in [2.24, 2.45) is 5.92 Å². The Morgan fingerprint density at radius 2 is 1.70 bits per heavy atom. The van der Waals surface area contributed by atoms with Crippen molar-refractivity contribution in [3.8, 4) is 28.4 Å². The third-order valence-electron chi connectivity index (χ3n) is 5.79. The van der Waals surface area contributed by atoms with Crippen molar-refractivity contribution in [3.63, 3.8) is 0 Å². The van der Waals surface area contributed by atoms with Gasteiger partial charge in [-0.2, -0.15) is 0 Å². The average Bonchev–Trinajstić information content (AvgIpc) is 3.18. The molecular weight excluding hydrogens is 424 g/mol. The number of carbonyl (C=O) groups excluding carboxylic acids is 2. The van der Waals surface area contributed by atoms with Gasteiger partial charge in [-0.1, -0.05) is 26.0 Å². The van der Waals surface area contributed by atoms with Crippen molar-refractivity contribution in [3.05, 3.63) is 41.5 Å². The molecule has 0 unspecified atom stereocenters. The van der Waals surface area contributed by atoms with Crippen molar-refractivity contribution in [2.45, 2.75) is 52.7 Å². The third-order valence-corrected chi connectivity index (χ3v) is 5.79. The molecule has 33 heavy (non-hydrogen) atoms. The number of esters is 2. The van der Waals surface area contributed by atoms with Crippen LogP contribution in [0.1, 0.15) is 56.5 Å². The molecule has 0 saturated heterocycles. The summed E-state index contributed by atoms with van der Waals surface area (Å²) in [5.74, 6) is 0.641. The maximum atomic E-state index is 12.5. The van der Waals surface area contributed by atoms with Crippen LogP contribution in [0.2, 0.25) is 0 Å². The first-order valence-corrected chi connectivity index (χ1v) is 11.2. The number of carbonyl (C=O) groups is 2. The molecule has 0 aliphatic carbocycles. The van der Waals surface area contributed by atoms with Gasteiger partial charge in [0.15, 0.2) is 11.5 Å². The summed E-state index contributed by atoms with van der Waals surface area (Å²) in [6.07, 6.45) is 1.44. The molecule has 0 aromatic heterocycles. The van der Waals surface area contributed by atoms with E-state index >= 15 is 0 Å². The highest BCUT2D eigenvalue weighted by atomic mass is 16.6. The molecular formula is C26H32O7. The van der Waals surface area contributed by atoms with Gasteiger partial charge in [-0.3, -0.25) is 4.79 Å². The zero-order valence-electron chi connectivity index (χ0n) is 20.2. The second kappa shape index (κ2) is 10.1. The van der Waals surface area contributed by atoms with Crippen molar-refractivity contribution >= 4 is 11.9 Å². The molecule has 7 nitrogen and oxygen atoms in total. The molecule has 0 saturated carbocycles. The minimum absolute atomic E-state index is 0.0971. The zero-order valence-corrected chi connectivity index (χ0v) is 20.2. The molecule has 178 valence electrons. The number of benzene rings is 2. The van der Waals surface area contributed by atoms with E-state index in [0.717, 1.165) is 29.5 Å². The summed E-state index contributed by atoms with van der Waals surface area (Å²) in [5, 5.41) is 0.